The van der Waals surface area contributed by atoms with Crippen LogP contribution in [-0.4, -0.2) is 71.2 Å². The minimum absolute atomic E-state index is 0.127. The fraction of sp³-hybridized carbons (Fsp3) is 0.727. The maximum atomic E-state index is 12.0. The predicted octanol–water partition coefficient (Wildman–Crippen LogP) is -0.892. The Bertz CT molecular complexity index is 434. The van der Waals surface area contributed by atoms with Crippen LogP contribution in [-0.2, 0) is 0 Å². The Morgan fingerprint density at radius 1 is 1.39 bits per heavy atom. The molecular weight excluding hydrogens is 234 g/mol. The molecule has 0 radical (unpaired) electrons. The molecule has 0 saturated carbocycles. The minimum Gasteiger partial charge on any atom is -0.339 e. The van der Waals surface area contributed by atoms with Crippen LogP contribution < -0.4 is 5.32 Å². The van der Waals surface area contributed by atoms with Gasteiger partial charge in [-0.1, -0.05) is 5.16 Å². The largest absolute Gasteiger partial charge is 0.339 e. The number of carbonyl (C=O) groups is 1. The number of amides is 1. The first kappa shape index (κ1) is 11.6. The molecule has 2 aliphatic heterocycles. The third-order valence-corrected chi connectivity index (χ3v) is 3.54. The summed E-state index contributed by atoms with van der Waals surface area (Å²) in [5, 5.41) is 6.98. The van der Waals surface area contributed by atoms with Gasteiger partial charge in [0.2, 0.25) is 5.89 Å². The van der Waals surface area contributed by atoms with Gasteiger partial charge in [-0.05, 0) is 0 Å². The molecule has 0 unspecified atom stereocenters. The van der Waals surface area contributed by atoms with Crippen molar-refractivity contribution >= 4 is 5.91 Å². The third kappa shape index (κ3) is 2.11. The zero-order chi connectivity index (χ0) is 12.5. The lowest BCUT2D eigenvalue weighted by atomic mass is 10.1. The number of hydrogen-bond donors (Lipinski definition) is 1. The average molecular weight is 251 g/mol. The molecule has 2 fully saturated rings. The molecule has 98 valence electrons. The van der Waals surface area contributed by atoms with Crippen LogP contribution in [0.2, 0.25) is 0 Å². The fourth-order valence-corrected chi connectivity index (χ4v) is 2.43. The van der Waals surface area contributed by atoms with E-state index in [1.54, 1.807) is 11.8 Å². The van der Waals surface area contributed by atoms with Gasteiger partial charge >= 0.3 is 0 Å². The molecule has 18 heavy (non-hydrogen) atoms. The first-order valence-electron chi connectivity index (χ1n) is 6.28. The zero-order valence-electron chi connectivity index (χ0n) is 10.4. The van der Waals surface area contributed by atoms with Crippen molar-refractivity contribution in [1.29, 1.82) is 0 Å². The van der Waals surface area contributed by atoms with Crippen LogP contribution >= 0.6 is 0 Å². The fourth-order valence-electron chi connectivity index (χ4n) is 2.43. The van der Waals surface area contributed by atoms with Crippen molar-refractivity contribution in [1.82, 2.24) is 25.3 Å². The molecule has 7 heteroatoms. The summed E-state index contributed by atoms with van der Waals surface area (Å²) in [6, 6.07) is 0.490. The molecule has 1 amide bonds. The highest BCUT2D eigenvalue weighted by Crippen LogP contribution is 2.17. The summed E-state index contributed by atoms with van der Waals surface area (Å²) >= 11 is 0. The topological polar surface area (TPSA) is 74.5 Å². The number of aryl methyl sites for hydroxylation is 1. The Labute approximate surface area is 105 Å². The van der Waals surface area contributed by atoms with E-state index in [1.165, 1.54) is 0 Å². The molecule has 1 aromatic rings. The van der Waals surface area contributed by atoms with Gasteiger partial charge in [0.15, 0.2) is 0 Å². The SMILES string of the molecule is Cc1nc(C(=O)N2CC(N3CCNCC3)C2)no1. The van der Waals surface area contributed by atoms with E-state index in [4.69, 9.17) is 4.52 Å². The van der Waals surface area contributed by atoms with Crippen LogP contribution in [0, 0.1) is 6.92 Å². The van der Waals surface area contributed by atoms with Crippen molar-refractivity contribution in [2.45, 2.75) is 13.0 Å². The number of carbonyl (C=O) groups excluding carboxylic acids is 1. The summed E-state index contributed by atoms with van der Waals surface area (Å²) in [6.45, 7) is 7.42. The number of hydrogen-bond acceptors (Lipinski definition) is 6. The summed E-state index contributed by atoms with van der Waals surface area (Å²) < 4.78 is 4.82. The average Bonchev–Trinajstić information content (AvgIpc) is 2.75. The van der Waals surface area contributed by atoms with Gasteiger partial charge in [0.25, 0.3) is 11.7 Å². The summed E-state index contributed by atoms with van der Waals surface area (Å²) in [5.41, 5.74) is 0. The van der Waals surface area contributed by atoms with Gasteiger partial charge in [0, 0.05) is 52.2 Å². The van der Waals surface area contributed by atoms with Crippen LogP contribution in [0.25, 0.3) is 0 Å². The Hall–Kier alpha value is -1.47. The normalized spacial score (nSPS) is 21.9. The molecule has 0 aliphatic carbocycles. The Kier molecular flexibility index (Phi) is 3.00. The van der Waals surface area contributed by atoms with Gasteiger partial charge in [-0.15, -0.1) is 0 Å². The van der Waals surface area contributed by atoms with E-state index >= 15 is 0 Å². The van der Waals surface area contributed by atoms with Gasteiger partial charge in [0.05, 0.1) is 0 Å². The first-order valence-corrected chi connectivity index (χ1v) is 6.28. The van der Waals surface area contributed by atoms with Gasteiger partial charge < -0.3 is 14.7 Å². The molecule has 3 heterocycles. The molecular formula is C11H17N5O2. The Morgan fingerprint density at radius 2 is 2.11 bits per heavy atom. The molecule has 1 N–H and O–H groups in total. The van der Waals surface area contributed by atoms with Crippen molar-refractivity contribution < 1.29 is 9.32 Å². The highest BCUT2D eigenvalue weighted by Gasteiger charge is 2.36. The van der Waals surface area contributed by atoms with E-state index in [0.29, 0.717) is 11.9 Å². The minimum atomic E-state index is -0.127. The standard InChI is InChI=1S/C11H17N5O2/c1-8-13-10(14-18-8)11(17)16-6-9(7-16)15-4-2-12-3-5-15/h9,12H,2-7H2,1H3. The van der Waals surface area contributed by atoms with Gasteiger partial charge in [-0.25, -0.2) is 0 Å². The molecule has 0 bridgehead atoms. The van der Waals surface area contributed by atoms with Crippen LogP contribution in [0.4, 0.5) is 0 Å². The van der Waals surface area contributed by atoms with Crippen LogP contribution in [0.1, 0.15) is 16.5 Å². The van der Waals surface area contributed by atoms with E-state index in [0.717, 1.165) is 39.3 Å². The smallest absolute Gasteiger partial charge is 0.295 e. The lowest BCUT2D eigenvalue weighted by Gasteiger charge is -2.46. The quantitative estimate of drug-likeness (QED) is 0.735. The highest BCUT2D eigenvalue weighted by molar-refractivity contribution is 5.90. The Balaban J connectivity index is 1.53. The summed E-state index contributed by atoms with van der Waals surface area (Å²) in [7, 11) is 0. The molecule has 7 nitrogen and oxygen atoms in total. The highest BCUT2D eigenvalue weighted by atomic mass is 16.5. The second-order valence-corrected chi connectivity index (χ2v) is 4.79. The molecule has 0 aromatic carbocycles. The van der Waals surface area contributed by atoms with Crippen LogP contribution in [0.3, 0.4) is 0 Å². The van der Waals surface area contributed by atoms with Crippen molar-refractivity contribution in [2.24, 2.45) is 0 Å². The second kappa shape index (κ2) is 4.66. The van der Waals surface area contributed by atoms with Crippen LogP contribution in [0.15, 0.2) is 4.52 Å². The van der Waals surface area contributed by atoms with Crippen molar-refractivity contribution in [3.05, 3.63) is 11.7 Å². The molecule has 2 saturated heterocycles. The first-order chi connectivity index (χ1) is 8.74. The van der Waals surface area contributed by atoms with E-state index < -0.39 is 0 Å². The van der Waals surface area contributed by atoms with Crippen LogP contribution in [0.5, 0.6) is 0 Å². The maximum Gasteiger partial charge on any atom is 0.295 e. The summed E-state index contributed by atoms with van der Waals surface area (Å²) in [4.78, 5) is 20.1. The molecule has 0 spiro atoms. The number of likely N-dealkylation sites (tertiary alicyclic amines) is 1. The van der Waals surface area contributed by atoms with Crippen molar-refractivity contribution in [3.8, 4) is 0 Å². The number of aromatic nitrogens is 2. The Morgan fingerprint density at radius 3 is 2.72 bits per heavy atom. The lowest BCUT2D eigenvalue weighted by Crippen LogP contribution is -2.64. The summed E-state index contributed by atoms with van der Waals surface area (Å²) in [6.07, 6.45) is 0. The monoisotopic (exact) mass is 251 g/mol. The molecule has 1 aromatic heterocycles. The number of piperazine rings is 1. The summed E-state index contributed by atoms with van der Waals surface area (Å²) in [5.74, 6) is 0.474. The number of nitrogens with one attached hydrogen (secondary N) is 1. The number of nitrogens with zero attached hydrogens (tertiary/aromatic N) is 4. The van der Waals surface area contributed by atoms with E-state index in [2.05, 4.69) is 20.4 Å². The van der Waals surface area contributed by atoms with E-state index in [9.17, 15) is 4.79 Å². The van der Waals surface area contributed by atoms with Gasteiger partial charge in [0.1, 0.15) is 0 Å². The van der Waals surface area contributed by atoms with E-state index in [1.807, 2.05) is 0 Å². The van der Waals surface area contributed by atoms with Gasteiger partial charge in [-0.3, -0.25) is 9.69 Å². The predicted molar refractivity (Wildman–Crippen MR) is 63.2 cm³/mol. The third-order valence-electron chi connectivity index (χ3n) is 3.54. The van der Waals surface area contributed by atoms with Crippen molar-refractivity contribution in [3.63, 3.8) is 0 Å². The lowest BCUT2D eigenvalue weighted by molar-refractivity contribution is 0.0216. The molecule has 0 atom stereocenters. The van der Waals surface area contributed by atoms with Gasteiger partial charge in [-0.2, -0.15) is 4.98 Å². The molecule has 3 rings (SSSR count). The van der Waals surface area contributed by atoms with Crippen molar-refractivity contribution in [2.75, 3.05) is 39.3 Å². The zero-order valence-corrected chi connectivity index (χ0v) is 10.4. The molecule has 2 aliphatic rings. The van der Waals surface area contributed by atoms with E-state index in [-0.39, 0.29) is 11.7 Å². The maximum absolute atomic E-state index is 12.0. The second-order valence-electron chi connectivity index (χ2n) is 4.79. The number of rotatable bonds is 2.